The summed E-state index contributed by atoms with van der Waals surface area (Å²) in [5, 5.41) is 0. The summed E-state index contributed by atoms with van der Waals surface area (Å²) in [5.41, 5.74) is 0. The van der Waals surface area contributed by atoms with E-state index in [9.17, 15) is 4.79 Å². The van der Waals surface area contributed by atoms with Crippen LogP contribution in [0.15, 0.2) is 0 Å². The minimum absolute atomic E-state index is 0.110. The smallest absolute Gasteiger partial charge is 0.217 e. The Balaban J connectivity index is 3.95. The molecule has 0 atom stereocenters. The molecule has 0 saturated carbocycles. The third-order valence-electron chi connectivity index (χ3n) is 1.58. The molecule has 13 heavy (non-hydrogen) atoms. The summed E-state index contributed by atoms with van der Waals surface area (Å²) in [4.78, 5) is 11.3. The highest BCUT2D eigenvalue weighted by atomic mass is 16.7. The van der Waals surface area contributed by atoms with E-state index in [0.717, 1.165) is 0 Å². The monoisotopic (exact) mass is 192 g/mol. The van der Waals surface area contributed by atoms with E-state index in [1.54, 1.807) is 0 Å². The van der Waals surface area contributed by atoms with Crippen LogP contribution in [0.2, 0.25) is 0 Å². The summed E-state index contributed by atoms with van der Waals surface area (Å²) >= 11 is 0. The highest BCUT2D eigenvalue weighted by Gasteiger charge is 2.21. The quantitative estimate of drug-likeness (QED) is 0.539. The van der Waals surface area contributed by atoms with Gasteiger partial charge in [0.1, 0.15) is 0 Å². The highest BCUT2D eigenvalue weighted by Crippen LogP contribution is 2.04. The number of hydrogen-bond donors (Lipinski definition) is 0. The van der Waals surface area contributed by atoms with Crippen molar-refractivity contribution in [3.8, 4) is 0 Å². The Morgan fingerprint density at radius 1 is 1.00 bits per heavy atom. The topological polar surface area (TPSA) is 54.0 Å². The summed E-state index contributed by atoms with van der Waals surface area (Å²) < 4.78 is 19.2. The van der Waals surface area contributed by atoms with E-state index in [1.165, 1.54) is 28.4 Å². The van der Waals surface area contributed by atoms with Gasteiger partial charge in [0.2, 0.25) is 6.29 Å². The molecule has 0 fully saturated rings. The van der Waals surface area contributed by atoms with E-state index in [0.29, 0.717) is 0 Å². The first kappa shape index (κ1) is 12.5. The lowest BCUT2D eigenvalue weighted by Gasteiger charge is -2.16. The Bertz CT molecular complexity index is 139. The van der Waals surface area contributed by atoms with Gasteiger partial charge < -0.3 is 18.9 Å². The van der Waals surface area contributed by atoms with Gasteiger partial charge in [0.15, 0.2) is 12.1 Å². The molecule has 0 aliphatic heterocycles. The van der Waals surface area contributed by atoms with E-state index in [4.69, 9.17) is 18.9 Å². The second-order valence-corrected chi connectivity index (χ2v) is 2.37. The van der Waals surface area contributed by atoms with Crippen LogP contribution in [-0.4, -0.2) is 46.8 Å². The van der Waals surface area contributed by atoms with Crippen molar-refractivity contribution in [1.29, 1.82) is 0 Å². The lowest BCUT2D eigenvalue weighted by Crippen LogP contribution is -2.29. The number of Topliss-reactive ketones (excluding diaryl/α,β-unsaturated/α-hetero) is 1. The van der Waals surface area contributed by atoms with Crippen LogP contribution >= 0.6 is 0 Å². The van der Waals surface area contributed by atoms with E-state index >= 15 is 0 Å². The number of ketones is 1. The molecule has 0 radical (unpaired) electrons. The van der Waals surface area contributed by atoms with Crippen LogP contribution in [-0.2, 0) is 23.7 Å². The Morgan fingerprint density at radius 2 is 1.46 bits per heavy atom. The van der Waals surface area contributed by atoms with Gasteiger partial charge in [0.05, 0.1) is 6.42 Å². The maximum atomic E-state index is 11.3. The van der Waals surface area contributed by atoms with Crippen LogP contribution in [0.5, 0.6) is 0 Å². The fourth-order valence-electron chi connectivity index (χ4n) is 0.882. The van der Waals surface area contributed by atoms with E-state index in [-0.39, 0.29) is 12.2 Å². The second kappa shape index (κ2) is 6.97. The average Bonchev–Trinajstić information content (AvgIpc) is 2.16. The van der Waals surface area contributed by atoms with Crippen molar-refractivity contribution < 1.29 is 23.7 Å². The molecule has 0 aliphatic rings. The molecule has 78 valence electrons. The molecule has 0 bridgehead atoms. The molecule has 0 saturated heterocycles. The maximum absolute atomic E-state index is 11.3. The zero-order chi connectivity index (χ0) is 10.3. The summed E-state index contributed by atoms with van der Waals surface area (Å²) in [6.07, 6.45) is -1.27. The largest absolute Gasteiger partial charge is 0.355 e. The van der Waals surface area contributed by atoms with Crippen molar-refractivity contribution in [3.63, 3.8) is 0 Å². The molecule has 0 rings (SSSR count). The molecule has 0 amide bonds. The zero-order valence-corrected chi connectivity index (χ0v) is 8.40. The van der Waals surface area contributed by atoms with Gasteiger partial charge in [-0.15, -0.1) is 0 Å². The number of hydrogen-bond acceptors (Lipinski definition) is 5. The van der Waals surface area contributed by atoms with E-state index < -0.39 is 12.6 Å². The molecular formula is C8H16O5. The normalized spacial score (nSPS) is 11.2. The Kier molecular flexibility index (Phi) is 6.70. The van der Waals surface area contributed by atoms with Gasteiger partial charge in [-0.05, 0) is 0 Å². The van der Waals surface area contributed by atoms with Crippen molar-refractivity contribution in [2.45, 2.75) is 19.0 Å². The SMILES string of the molecule is COC(CC(=O)C(OC)OC)OC. The van der Waals surface area contributed by atoms with Crippen molar-refractivity contribution in [2.75, 3.05) is 28.4 Å². The Morgan fingerprint density at radius 3 is 1.77 bits per heavy atom. The summed E-state index contributed by atoms with van der Waals surface area (Å²) in [6.45, 7) is 0. The van der Waals surface area contributed by atoms with Crippen LogP contribution in [0.25, 0.3) is 0 Å². The molecule has 0 aromatic carbocycles. The molecule has 0 aromatic heterocycles. The summed E-state index contributed by atoms with van der Waals surface area (Å²) in [7, 11) is 5.74. The lowest BCUT2D eigenvalue weighted by molar-refractivity contribution is -0.168. The molecule has 5 nitrogen and oxygen atoms in total. The van der Waals surface area contributed by atoms with Gasteiger partial charge in [0.25, 0.3) is 0 Å². The van der Waals surface area contributed by atoms with Crippen LogP contribution in [0.1, 0.15) is 6.42 Å². The van der Waals surface area contributed by atoms with Crippen molar-refractivity contribution >= 4 is 5.78 Å². The molecule has 0 heterocycles. The molecule has 0 unspecified atom stereocenters. The van der Waals surface area contributed by atoms with Gasteiger partial charge in [-0.1, -0.05) is 0 Å². The first-order valence-corrected chi connectivity index (χ1v) is 3.83. The van der Waals surface area contributed by atoms with Gasteiger partial charge in [-0.25, -0.2) is 0 Å². The second-order valence-electron chi connectivity index (χ2n) is 2.37. The van der Waals surface area contributed by atoms with Crippen molar-refractivity contribution in [3.05, 3.63) is 0 Å². The average molecular weight is 192 g/mol. The lowest BCUT2D eigenvalue weighted by atomic mass is 10.2. The Labute approximate surface area is 77.9 Å². The van der Waals surface area contributed by atoms with Crippen LogP contribution < -0.4 is 0 Å². The maximum Gasteiger partial charge on any atom is 0.217 e. The first-order valence-electron chi connectivity index (χ1n) is 3.83. The molecule has 0 aliphatic carbocycles. The number of carbonyl (C=O) groups excluding carboxylic acids is 1. The van der Waals surface area contributed by atoms with Gasteiger partial charge in [-0.3, -0.25) is 4.79 Å². The predicted molar refractivity (Wildman–Crippen MR) is 45.2 cm³/mol. The van der Waals surface area contributed by atoms with Crippen molar-refractivity contribution in [1.82, 2.24) is 0 Å². The van der Waals surface area contributed by atoms with Crippen molar-refractivity contribution in [2.24, 2.45) is 0 Å². The van der Waals surface area contributed by atoms with Crippen LogP contribution in [0.4, 0.5) is 0 Å². The molecular weight excluding hydrogens is 176 g/mol. The number of methoxy groups -OCH3 is 4. The number of carbonyl (C=O) groups is 1. The fourth-order valence-corrected chi connectivity index (χ4v) is 0.882. The predicted octanol–water partition coefficient (Wildman–Crippen LogP) is 0.183. The fraction of sp³-hybridized carbons (Fsp3) is 0.875. The highest BCUT2D eigenvalue weighted by molar-refractivity contribution is 5.82. The third kappa shape index (κ3) is 4.33. The summed E-state index contributed by atoms with van der Waals surface area (Å²) in [6, 6.07) is 0. The molecule has 0 aromatic rings. The van der Waals surface area contributed by atoms with Gasteiger partial charge in [-0.2, -0.15) is 0 Å². The minimum Gasteiger partial charge on any atom is -0.355 e. The molecule has 5 heteroatoms. The number of rotatable bonds is 7. The number of ether oxygens (including phenoxy) is 4. The van der Waals surface area contributed by atoms with E-state index in [1.807, 2.05) is 0 Å². The first-order chi connectivity index (χ1) is 6.19. The van der Waals surface area contributed by atoms with Gasteiger partial charge >= 0.3 is 0 Å². The van der Waals surface area contributed by atoms with Gasteiger partial charge in [0, 0.05) is 28.4 Å². The third-order valence-corrected chi connectivity index (χ3v) is 1.58. The van der Waals surface area contributed by atoms with E-state index in [2.05, 4.69) is 0 Å². The minimum atomic E-state index is -0.840. The van der Waals surface area contributed by atoms with Crippen LogP contribution in [0, 0.1) is 0 Å². The van der Waals surface area contributed by atoms with Crippen LogP contribution in [0.3, 0.4) is 0 Å². The molecule has 0 spiro atoms. The standard InChI is InChI=1S/C8H16O5/c1-10-7(11-2)5-6(9)8(12-3)13-4/h7-8H,5H2,1-4H3. The molecule has 0 N–H and O–H groups in total. The Hall–Kier alpha value is -0.490. The summed E-state index contributed by atoms with van der Waals surface area (Å²) in [5.74, 6) is -0.210. The zero-order valence-electron chi connectivity index (χ0n) is 8.40.